The van der Waals surface area contributed by atoms with E-state index in [2.05, 4.69) is 17.3 Å². The number of amides is 2. The Morgan fingerprint density at radius 2 is 2.00 bits per heavy atom. The van der Waals surface area contributed by atoms with Crippen LogP contribution in [0, 0.1) is 0 Å². The van der Waals surface area contributed by atoms with Crippen molar-refractivity contribution in [3.05, 3.63) is 28.2 Å². The Bertz CT molecular complexity index is 487. The number of hydrogen-bond acceptors (Lipinski definition) is 2. The van der Waals surface area contributed by atoms with Crippen molar-refractivity contribution in [2.75, 3.05) is 32.5 Å². The maximum atomic E-state index is 12.2. The summed E-state index contributed by atoms with van der Waals surface area (Å²) >= 11 is 11.9. The molecule has 0 bridgehead atoms. The topological polar surface area (TPSA) is 35.6 Å². The summed E-state index contributed by atoms with van der Waals surface area (Å²) in [5, 5.41) is 3.83. The molecule has 1 heterocycles. The molecule has 20 heavy (non-hydrogen) atoms. The van der Waals surface area contributed by atoms with E-state index in [0.717, 1.165) is 25.9 Å². The van der Waals surface area contributed by atoms with Crippen LogP contribution in [0.25, 0.3) is 0 Å². The zero-order valence-electron chi connectivity index (χ0n) is 11.7. The summed E-state index contributed by atoms with van der Waals surface area (Å²) in [5.74, 6) is 0. The number of piperidine rings is 1. The highest BCUT2D eigenvalue weighted by molar-refractivity contribution is 6.36. The monoisotopic (exact) mass is 315 g/mol. The van der Waals surface area contributed by atoms with E-state index in [1.54, 1.807) is 23.1 Å². The van der Waals surface area contributed by atoms with Crippen molar-refractivity contribution in [3.8, 4) is 0 Å². The molecule has 1 aliphatic rings. The molecule has 6 heteroatoms. The van der Waals surface area contributed by atoms with Gasteiger partial charge < -0.3 is 15.1 Å². The number of urea groups is 1. The van der Waals surface area contributed by atoms with Crippen molar-refractivity contribution in [1.82, 2.24) is 9.80 Å². The number of rotatable bonds is 2. The first-order valence-corrected chi connectivity index (χ1v) is 7.40. The van der Waals surface area contributed by atoms with E-state index in [1.807, 2.05) is 7.05 Å². The second-order valence-electron chi connectivity index (χ2n) is 5.20. The van der Waals surface area contributed by atoms with E-state index < -0.39 is 0 Å². The number of benzene rings is 1. The van der Waals surface area contributed by atoms with Crippen molar-refractivity contribution in [2.24, 2.45) is 0 Å². The van der Waals surface area contributed by atoms with Crippen molar-refractivity contribution in [3.63, 3.8) is 0 Å². The van der Waals surface area contributed by atoms with Crippen LogP contribution in [0.4, 0.5) is 10.5 Å². The lowest BCUT2D eigenvalue weighted by Crippen LogP contribution is -2.46. The first-order chi connectivity index (χ1) is 9.47. The fraction of sp³-hybridized carbons (Fsp3) is 0.500. The van der Waals surface area contributed by atoms with Crippen molar-refractivity contribution < 1.29 is 4.79 Å². The number of carbonyl (C=O) groups excluding carboxylic acids is 1. The van der Waals surface area contributed by atoms with Gasteiger partial charge in [-0.15, -0.1) is 0 Å². The van der Waals surface area contributed by atoms with Crippen LogP contribution < -0.4 is 5.32 Å². The second-order valence-corrected chi connectivity index (χ2v) is 6.04. The molecule has 0 unspecified atom stereocenters. The fourth-order valence-corrected chi connectivity index (χ4v) is 2.80. The van der Waals surface area contributed by atoms with Gasteiger partial charge in [0.05, 0.1) is 10.7 Å². The lowest BCUT2D eigenvalue weighted by Gasteiger charge is -2.35. The first kappa shape index (κ1) is 15.4. The number of nitrogens with one attached hydrogen (secondary N) is 1. The van der Waals surface area contributed by atoms with E-state index in [4.69, 9.17) is 23.2 Å². The molecule has 0 atom stereocenters. The van der Waals surface area contributed by atoms with Crippen molar-refractivity contribution >= 4 is 34.9 Å². The van der Waals surface area contributed by atoms with Crippen LogP contribution in [0.3, 0.4) is 0 Å². The Hall–Kier alpha value is -0.970. The molecule has 110 valence electrons. The first-order valence-electron chi connectivity index (χ1n) is 6.65. The van der Waals surface area contributed by atoms with Crippen LogP contribution in [-0.4, -0.2) is 49.1 Å². The molecule has 2 rings (SSSR count). The Kier molecular flexibility index (Phi) is 5.13. The van der Waals surface area contributed by atoms with Gasteiger partial charge in [-0.1, -0.05) is 23.2 Å². The van der Waals surface area contributed by atoms with Crippen molar-refractivity contribution in [1.29, 1.82) is 0 Å². The average Bonchev–Trinajstić information content (AvgIpc) is 2.42. The van der Waals surface area contributed by atoms with Crippen LogP contribution in [-0.2, 0) is 0 Å². The zero-order valence-corrected chi connectivity index (χ0v) is 13.2. The lowest BCUT2D eigenvalue weighted by molar-refractivity contribution is 0.156. The van der Waals surface area contributed by atoms with Crippen LogP contribution >= 0.6 is 23.2 Å². The molecular formula is C14H19Cl2N3O. The van der Waals surface area contributed by atoms with Gasteiger partial charge in [0, 0.05) is 18.1 Å². The predicted octanol–water partition coefficient (Wildman–Crippen LogP) is 3.55. The van der Waals surface area contributed by atoms with Gasteiger partial charge in [0.1, 0.15) is 0 Å². The molecule has 1 aromatic carbocycles. The highest BCUT2D eigenvalue weighted by Crippen LogP contribution is 2.26. The smallest absolute Gasteiger partial charge is 0.321 e. The third kappa shape index (κ3) is 3.78. The Morgan fingerprint density at radius 3 is 2.60 bits per heavy atom. The Labute approximate surface area is 129 Å². The molecular weight excluding hydrogens is 297 g/mol. The standard InChI is InChI=1S/C14H19Cl2N3O/c1-18-7-5-11(6-8-18)19(2)14(20)17-13-4-3-10(15)9-12(13)16/h3-4,9,11H,5-8H2,1-2H3,(H,17,20). The van der Waals surface area contributed by atoms with Crippen LogP contribution in [0.15, 0.2) is 18.2 Å². The summed E-state index contributed by atoms with van der Waals surface area (Å²) in [7, 11) is 3.93. The number of nitrogens with zero attached hydrogens (tertiary/aromatic N) is 2. The van der Waals surface area contributed by atoms with Gasteiger partial charge in [-0.3, -0.25) is 0 Å². The number of carbonyl (C=O) groups is 1. The number of halogens is 2. The lowest BCUT2D eigenvalue weighted by atomic mass is 10.0. The quantitative estimate of drug-likeness (QED) is 0.906. The zero-order chi connectivity index (χ0) is 14.7. The predicted molar refractivity (Wildman–Crippen MR) is 83.8 cm³/mol. The van der Waals surface area contributed by atoms with E-state index >= 15 is 0 Å². The fourth-order valence-electron chi connectivity index (χ4n) is 2.34. The summed E-state index contributed by atoms with van der Waals surface area (Å²) in [5.41, 5.74) is 0.584. The van der Waals surface area contributed by atoms with E-state index in [1.165, 1.54) is 0 Å². The van der Waals surface area contributed by atoms with Crippen LogP contribution in [0.2, 0.25) is 10.0 Å². The van der Waals surface area contributed by atoms with E-state index in [-0.39, 0.29) is 12.1 Å². The van der Waals surface area contributed by atoms with Gasteiger partial charge in [0.2, 0.25) is 0 Å². The molecule has 0 radical (unpaired) electrons. The maximum Gasteiger partial charge on any atom is 0.321 e. The minimum Gasteiger partial charge on any atom is -0.325 e. The van der Waals surface area contributed by atoms with E-state index in [9.17, 15) is 4.79 Å². The number of likely N-dealkylation sites (tertiary alicyclic amines) is 1. The molecule has 1 fully saturated rings. The Morgan fingerprint density at radius 1 is 1.35 bits per heavy atom. The summed E-state index contributed by atoms with van der Waals surface area (Å²) in [6.07, 6.45) is 1.99. The normalized spacial score (nSPS) is 17.0. The summed E-state index contributed by atoms with van der Waals surface area (Å²) in [6.45, 7) is 2.04. The third-order valence-corrected chi connectivity index (χ3v) is 4.28. The molecule has 1 N–H and O–H groups in total. The van der Waals surface area contributed by atoms with Crippen LogP contribution in [0.5, 0.6) is 0 Å². The van der Waals surface area contributed by atoms with Gasteiger partial charge >= 0.3 is 6.03 Å². The molecule has 0 spiro atoms. The maximum absolute atomic E-state index is 12.2. The molecule has 1 saturated heterocycles. The van der Waals surface area contributed by atoms with Gasteiger partial charge in [0.15, 0.2) is 0 Å². The average molecular weight is 316 g/mol. The molecule has 0 aromatic heterocycles. The number of anilines is 1. The highest BCUT2D eigenvalue weighted by Gasteiger charge is 2.24. The van der Waals surface area contributed by atoms with Gasteiger partial charge in [-0.05, 0) is 51.2 Å². The highest BCUT2D eigenvalue weighted by atomic mass is 35.5. The van der Waals surface area contributed by atoms with Crippen molar-refractivity contribution in [2.45, 2.75) is 18.9 Å². The minimum absolute atomic E-state index is 0.135. The molecule has 0 aliphatic carbocycles. The summed E-state index contributed by atoms with van der Waals surface area (Å²) in [6, 6.07) is 5.18. The van der Waals surface area contributed by atoms with E-state index in [0.29, 0.717) is 15.7 Å². The molecule has 1 aliphatic heterocycles. The van der Waals surface area contributed by atoms with Gasteiger partial charge in [0.25, 0.3) is 0 Å². The van der Waals surface area contributed by atoms with Crippen LogP contribution in [0.1, 0.15) is 12.8 Å². The minimum atomic E-state index is -0.135. The Balaban J connectivity index is 1.97. The number of hydrogen-bond donors (Lipinski definition) is 1. The summed E-state index contributed by atoms with van der Waals surface area (Å²) < 4.78 is 0. The summed E-state index contributed by atoms with van der Waals surface area (Å²) in [4.78, 5) is 16.3. The molecule has 0 saturated carbocycles. The largest absolute Gasteiger partial charge is 0.325 e. The molecule has 1 aromatic rings. The second kappa shape index (κ2) is 6.66. The van der Waals surface area contributed by atoms with Gasteiger partial charge in [-0.25, -0.2) is 4.79 Å². The SMILES string of the molecule is CN1CCC(N(C)C(=O)Nc2ccc(Cl)cc2Cl)CC1. The van der Waals surface area contributed by atoms with Gasteiger partial charge in [-0.2, -0.15) is 0 Å². The molecule has 2 amide bonds. The molecule has 4 nitrogen and oxygen atoms in total. The third-order valence-electron chi connectivity index (χ3n) is 3.73.